The number of aromatic amines is 1. The van der Waals surface area contributed by atoms with E-state index in [0.717, 1.165) is 24.9 Å². The van der Waals surface area contributed by atoms with Crippen LogP contribution in [0.25, 0.3) is 10.9 Å². The molecule has 0 saturated heterocycles. The Labute approximate surface area is 141 Å². The molecule has 3 rings (SSSR count). The topological polar surface area (TPSA) is 39.3 Å². The predicted molar refractivity (Wildman–Crippen MR) is 99.1 cm³/mol. The Bertz CT molecular complexity index is 825. The highest BCUT2D eigenvalue weighted by molar-refractivity contribution is 7.80. The number of aromatic nitrogens is 1. The molecule has 0 saturated carbocycles. The Kier molecular flexibility index (Phi) is 4.63. The lowest BCUT2D eigenvalue weighted by Crippen LogP contribution is -2.27. The number of hydrogen-bond acceptors (Lipinski definition) is 2. The van der Waals surface area contributed by atoms with Crippen LogP contribution in [0.1, 0.15) is 17.5 Å². The number of nitrogens with zero attached hydrogens (tertiary/aromatic N) is 1. The number of thiocarbonyl (C=S) groups is 1. The minimum absolute atomic E-state index is 0.237. The fourth-order valence-corrected chi connectivity index (χ4v) is 3.07. The summed E-state index contributed by atoms with van der Waals surface area (Å²) in [5.41, 5.74) is 3.24. The zero-order valence-corrected chi connectivity index (χ0v) is 13.9. The van der Waals surface area contributed by atoms with Crippen molar-refractivity contribution in [3.05, 3.63) is 65.9 Å². The van der Waals surface area contributed by atoms with E-state index in [1.54, 1.807) is 12.1 Å². The number of fused-ring (bicyclic) bond motifs is 1. The number of para-hydroxylation sites is 2. The first kappa shape index (κ1) is 15.6. The second-order valence-electron chi connectivity index (χ2n) is 5.71. The summed E-state index contributed by atoms with van der Waals surface area (Å²) in [6, 6.07) is 15.6. The molecule has 0 amide bonds. The third kappa shape index (κ3) is 3.37. The summed E-state index contributed by atoms with van der Waals surface area (Å²) in [5, 5.41) is 11.2. The molecule has 0 atom stereocenters. The van der Waals surface area contributed by atoms with Gasteiger partial charge in [0.1, 0.15) is 10.7 Å². The van der Waals surface area contributed by atoms with Gasteiger partial charge in [0.05, 0.1) is 5.56 Å². The fraction of sp³-hybridized carbons (Fsp3) is 0.211. The number of phenolic OH excluding ortho intramolecular Hbond substituents is 1. The summed E-state index contributed by atoms with van der Waals surface area (Å²) in [4.78, 5) is 6.02. The van der Waals surface area contributed by atoms with Gasteiger partial charge in [-0.3, -0.25) is 0 Å². The number of hydrogen-bond donors (Lipinski definition) is 2. The second-order valence-corrected chi connectivity index (χ2v) is 6.09. The molecule has 0 fully saturated rings. The highest BCUT2D eigenvalue weighted by Gasteiger charge is 2.11. The highest BCUT2D eigenvalue weighted by atomic mass is 32.1. The smallest absolute Gasteiger partial charge is 0.125 e. The van der Waals surface area contributed by atoms with E-state index in [2.05, 4.69) is 29.4 Å². The van der Waals surface area contributed by atoms with E-state index in [0.29, 0.717) is 4.99 Å². The van der Waals surface area contributed by atoms with Crippen molar-refractivity contribution < 1.29 is 5.11 Å². The van der Waals surface area contributed by atoms with Crippen molar-refractivity contribution in [1.82, 2.24) is 9.88 Å². The number of aryl methyl sites for hydroxylation is 1. The van der Waals surface area contributed by atoms with Gasteiger partial charge in [0, 0.05) is 30.7 Å². The van der Waals surface area contributed by atoms with E-state index in [9.17, 15) is 5.11 Å². The molecule has 0 radical (unpaired) electrons. The number of phenols is 1. The maximum absolute atomic E-state index is 9.91. The molecular formula is C19H20N2OS. The van der Waals surface area contributed by atoms with Crippen LogP contribution >= 0.6 is 12.2 Å². The Hall–Kier alpha value is -2.33. The van der Waals surface area contributed by atoms with Crippen LogP contribution in [0.4, 0.5) is 0 Å². The standard InChI is InChI=1S/C19H20N2OS/c1-21(19(23)16-9-3-5-11-18(16)22)12-6-7-14-13-20-17-10-4-2-8-15(14)17/h2-5,8-11,13,20,22H,6-7,12H2,1H3. The van der Waals surface area contributed by atoms with Gasteiger partial charge in [0.25, 0.3) is 0 Å². The van der Waals surface area contributed by atoms with Crippen LogP contribution < -0.4 is 0 Å². The van der Waals surface area contributed by atoms with E-state index < -0.39 is 0 Å². The van der Waals surface area contributed by atoms with Crippen LogP contribution in [0.5, 0.6) is 5.75 Å². The molecule has 0 aliphatic rings. The molecule has 2 N–H and O–H groups in total. The van der Waals surface area contributed by atoms with E-state index in [1.165, 1.54) is 16.5 Å². The van der Waals surface area contributed by atoms with Gasteiger partial charge in [-0.15, -0.1) is 0 Å². The van der Waals surface area contributed by atoms with Crippen LogP contribution in [0, 0.1) is 0 Å². The molecule has 1 aromatic heterocycles. The normalized spacial score (nSPS) is 10.8. The van der Waals surface area contributed by atoms with Crippen LogP contribution in [-0.4, -0.2) is 33.6 Å². The molecule has 0 aliphatic heterocycles. The van der Waals surface area contributed by atoms with Crippen LogP contribution in [0.2, 0.25) is 0 Å². The third-order valence-corrected chi connectivity index (χ3v) is 4.63. The molecular weight excluding hydrogens is 304 g/mol. The van der Waals surface area contributed by atoms with Crippen molar-refractivity contribution >= 4 is 28.1 Å². The predicted octanol–water partition coefficient (Wildman–Crippen LogP) is 4.11. The Morgan fingerprint density at radius 2 is 1.87 bits per heavy atom. The highest BCUT2D eigenvalue weighted by Crippen LogP contribution is 2.20. The average molecular weight is 324 g/mol. The average Bonchev–Trinajstić information content (AvgIpc) is 2.98. The first-order valence-corrected chi connectivity index (χ1v) is 8.16. The number of rotatable bonds is 5. The SMILES string of the molecule is CN(CCCc1c[nH]c2ccccc12)C(=S)c1ccccc1O. The van der Waals surface area contributed by atoms with Crippen LogP contribution in [0.3, 0.4) is 0 Å². The number of benzene rings is 2. The lowest BCUT2D eigenvalue weighted by molar-refractivity contribution is 0.466. The van der Waals surface area contributed by atoms with Crippen molar-refractivity contribution in [3.8, 4) is 5.75 Å². The summed E-state index contributed by atoms with van der Waals surface area (Å²) >= 11 is 5.48. The van der Waals surface area contributed by atoms with E-state index in [-0.39, 0.29) is 5.75 Å². The quantitative estimate of drug-likeness (QED) is 0.694. The van der Waals surface area contributed by atoms with Gasteiger partial charge < -0.3 is 15.0 Å². The molecule has 3 aromatic rings. The maximum Gasteiger partial charge on any atom is 0.125 e. The first-order valence-electron chi connectivity index (χ1n) is 7.75. The summed E-state index contributed by atoms with van der Waals surface area (Å²) in [6.07, 6.45) is 4.09. The molecule has 0 aliphatic carbocycles. The van der Waals surface area contributed by atoms with Gasteiger partial charge in [0.2, 0.25) is 0 Å². The van der Waals surface area contributed by atoms with Gasteiger partial charge >= 0.3 is 0 Å². The zero-order chi connectivity index (χ0) is 16.2. The van der Waals surface area contributed by atoms with Crippen LogP contribution in [-0.2, 0) is 6.42 Å². The Balaban J connectivity index is 1.60. The van der Waals surface area contributed by atoms with E-state index in [1.807, 2.05) is 30.1 Å². The van der Waals surface area contributed by atoms with Crippen LogP contribution in [0.15, 0.2) is 54.7 Å². The summed E-state index contributed by atoms with van der Waals surface area (Å²) in [5.74, 6) is 0.237. The van der Waals surface area contributed by atoms with Gasteiger partial charge in [-0.2, -0.15) is 0 Å². The summed E-state index contributed by atoms with van der Waals surface area (Å²) < 4.78 is 0. The molecule has 2 aromatic carbocycles. The van der Waals surface area contributed by atoms with Crippen molar-refractivity contribution in [2.45, 2.75) is 12.8 Å². The van der Waals surface area contributed by atoms with Gasteiger partial charge in [-0.1, -0.05) is 42.5 Å². The van der Waals surface area contributed by atoms with Crippen molar-refractivity contribution in [2.24, 2.45) is 0 Å². The number of nitrogens with one attached hydrogen (secondary N) is 1. The third-order valence-electron chi connectivity index (χ3n) is 4.10. The first-order chi connectivity index (χ1) is 11.2. The number of H-pyrrole nitrogens is 1. The van der Waals surface area contributed by atoms with Gasteiger partial charge in [-0.05, 0) is 36.6 Å². The largest absolute Gasteiger partial charge is 0.507 e. The fourth-order valence-electron chi connectivity index (χ4n) is 2.81. The second kappa shape index (κ2) is 6.84. The Morgan fingerprint density at radius 1 is 1.13 bits per heavy atom. The van der Waals surface area contributed by atoms with Gasteiger partial charge in [0.15, 0.2) is 0 Å². The monoisotopic (exact) mass is 324 g/mol. The zero-order valence-electron chi connectivity index (χ0n) is 13.1. The van der Waals surface area contributed by atoms with Crippen molar-refractivity contribution in [3.63, 3.8) is 0 Å². The maximum atomic E-state index is 9.91. The molecule has 118 valence electrons. The minimum atomic E-state index is 0.237. The molecule has 4 heteroatoms. The molecule has 1 heterocycles. The Morgan fingerprint density at radius 3 is 2.70 bits per heavy atom. The lowest BCUT2D eigenvalue weighted by Gasteiger charge is -2.20. The molecule has 0 spiro atoms. The van der Waals surface area contributed by atoms with E-state index in [4.69, 9.17) is 12.2 Å². The molecule has 23 heavy (non-hydrogen) atoms. The summed E-state index contributed by atoms with van der Waals surface area (Å²) in [6.45, 7) is 0.854. The molecule has 0 bridgehead atoms. The summed E-state index contributed by atoms with van der Waals surface area (Å²) in [7, 11) is 1.98. The molecule has 3 nitrogen and oxygen atoms in total. The van der Waals surface area contributed by atoms with E-state index >= 15 is 0 Å². The van der Waals surface area contributed by atoms with Crippen molar-refractivity contribution in [2.75, 3.05) is 13.6 Å². The molecule has 0 unspecified atom stereocenters. The minimum Gasteiger partial charge on any atom is -0.507 e. The van der Waals surface area contributed by atoms with Gasteiger partial charge in [-0.25, -0.2) is 0 Å². The van der Waals surface area contributed by atoms with Crippen molar-refractivity contribution in [1.29, 1.82) is 0 Å². The number of aromatic hydroxyl groups is 1. The lowest BCUT2D eigenvalue weighted by atomic mass is 10.1.